The second kappa shape index (κ2) is 8.81. The zero-order valence-electron chi connectivity index (χ0n) is 18.7. The van der Waals surface area contributed by atoms with E-state index in [9.17, 15) is 14.7 Å². The van der Waals surface area contributed by atoms with Gasteiger partial charge in [0.15, 0.2) is 5.69 Å². The lowest BCUT2D eigenvalue weighted by Crippen LogP contribution is -2.39. The number of fused-ring (bicyclic) bond motifs is 1. The number of aliphatic hydroxyl groups excluding tert-OH is 1. The van der Waals surface area contributed by atoms with Gasteiger partial charge in [-0.3, -0.25) is 4.79 Å². The summed E-state index contributed by atoms with van der Waals surface area (Å²) in [4.78, 5) is 27.7. The molecule has 1 fully saturated rings. The molecule has 0 saturated heterocycles. The minimum atomic E-state index is -0.702. The van der Waals surface area contributed by atoms with Crippen LogP contribution in [0.4, 0.5) is 5.69 Å². The number of hydrogen-bond acceptors (Lipinski definition) is 7. The number of rotatable bonds is 6. The third-order valence-electron chi connectivity index (χ3n) is 7.01. The van der Waals surface area contributed by atoms with Crippen LogP contribution in [0.5, 0.6) is 5.75 Å². The Kier molecular flexibility index (Phi) is 5.83. The molecule has 5 rings (SSSR count). The Morgan fingerprint density at radius 1 is 1.12 bits per heavy atom. The Morgan fingerprint density at radius 2 is 1.79 bits per heavy atom. The van der Waals surface area contributed by atoms with Gasteiger partial charge in [0, 0.05) is 36.1 Å². The molecule has 1 saturated carbocycles. The summed E-state index contributed by atoms with van der Waals surface area (Å²) in [6, 6.07) is 14.9. The lowest BCUT2D eigenvalue weighted by atomic mass is 9.65. The number of benzene rings is 2. The van der Waals surface area contributed by atoms with Crippen LogP contribution < -0.4 is 9.64 Å². The number of aliphatic hydroxyl groups is 1. The average Bonchev–Trinajstić information content (AvgIpc) is 3.25. The highest BCUT2D eigenvalue weighted by molar-refractivity contribution is 7.75. The highest BCUT2D eigenvalue weighted by atomic mass is 32.1. The van der Waals surface area contributed by atoms with Gasteiger partial charge in [-0.2, -0.15) is 5.10 Å². The van der Waals surface area contributed by atoms with E-state index < -0.39 is 5.97 Å². The summed E-state index contributed by atoms with van der Waals surface area (Å²) < 4.78 is 11.3. The van der Waals surface area contributed by atoms with Crippen molar-refractivity contribution in [3.8, 4) is 11.4 Å². The van der Waals surface area contributed by atoms with Gasteiger partial charge in [0.2, 0.25) is 0 Å². The van der Waals surface area contributed by atoms with Crippen LogP contribution in [0, 0.1) is 0 Å². The number of hydrogen-bond donors (Lipinski definition) is 2. The lowest BCUT2D eigenvalue weighted by Gasteiger charge is -2.41. The van der Waals surface area contributed by atoms with Gasteiger partial charge in [0.1, 0.15) is 11.4 Å². The molecule has 2 heterocycles. The highest BCUT2D eigenvalue weighted by Gasteiger charge is 2.39. The minimum Gasteiger partial charge on any atom is -0.497 e. The van der Waals surface area contributed by atoms with E-state index in [1.165, 1.54) is 4.68 Å². The minimum absolute atomic E-state index is 0.0824. The first kappa shape index (κ1) is 22.5. The summed E-state index contributed by atoms with van der Waals surface area (Å²) >= 11 is 3.64. The molecule has 176 valence electrons. The van der Waals surface area contributed by atoms with Crippen molar-refractivity contribution >= 4 is 30.5 Å². The van der Waals surface area contributed by atoms with Gasteiger partial charge in [-0.05, 0) is 61.2 Å². The van der Waals surface area contributed by atoms with Gasteiger partial charge in [0.05, 0.1) is 19.4 Å². The monoisotopic (exact) mass is 479 g/mol. The number of amides is 1. The first-order chi connectivity index (χ1) is 16.5. The van der Waals surface area contributed by atoms with Gasteiger partial charge in [-0.15, -0.1) is 0 Å². The molecule has 2 aliphatic rings. The maximum Gasteiger partial charge on any atom is 0.370 e. The second-order valence-electron chi connectivity index (χ2n) is 8.71. The number of methoxy groups -OCH3 is 1. The number of thiol groups is 1. The molecule has 1 amide bonds. The van der Waals surface area contributed by atoms with Crippen molar-refractivity contribution in [3.05, 3.63) is 71.0 Å². The Bertz CT molecular complexity index is 1230. The van der Waals surface area contributed by atoms with Gasteiger partial charge in [0.25, 0.3) is 5.91 Å². The molecule has 2 aromatic carbocycles. The zero-order chi connectivity index (χ0) is 23.9. The van der Waals surface area contributed by atoms with Crippen molar-refractivity contribution in [2.45, 2.75) is 31.1 Å². The van der Waals surface area contributed by atoms with Gasteiger partial charge in [-0.1, -0.05) is 18.6 Å². The van der Waals surface area contributed by atoms with Crippen molar-refractivity contribution in [1.82, 2.24) is 9.78 Å². The summed E-state index contributed by atoms with van der Waals surface area (Å²) in [5.74, 6) is -0.289. The fourth-order valence-corrected chi connectivity index (χ4v) is 4.95. The standard InChI is InChI=1S/C25H25N3O5S/c1-32-19-9-7-18(8-10-19)28-22-20(21(26-28)24(31)33-34)11-14-27(23(22)30)17-5-3-16(4-6-17)25(15-29)12-2-13-25/h3-10,29,34H,2,11-15H2,1H3. The molecule has 0 radical (unpaired) electrons. The van der Waals surface area contributed by atoms with Crippen LogP contribution in [0.15, 0.2) is 48.5 Å². The number of carbonyl (C=O) groups excluding carboxylic acids is 2. The van der Waals surface area contributed by atoms with E-state index in [0.717, 1.165) is 30.5 Å². The predicted octanol–water partition coefficient (Wildman–Crippen LogP) is 3.50. The van der Waals surface area contributed by atoms with Crippen LogP contribution in [0.3, 0.4) is 0 Å². The quantitative estimate of drug-likeness (QED) is 0.415. The zero-order valence-corrected chi connectivity index (χ0v) is 19.6. The number of nitrogens with zero attached hydrogens (tertiary/aromatic N) is 3. The maximum absolute atomic E-state index is 13.7. The average molecular weight is 480 g/mol. The number of aromatic nitrogens is 2. The molecule has 1 aliphatic carbocycles. The lowest BCUT2D eigenvalue weighted by molar-refractivity contribution is 0.0764. The Labute approximate surface area is 202 Å². The summed E-state index contributed by atoms with van der Waals surface area (Å²) in [5.41, 5.74) is 3.26. The molecular weight excluding hydrogens is 454 g/mol. The molecule has 0 unspecified atom stereocenters. The van der Waals surface area contributed by atoms with Crippen LogP contribution in [0.25, 0.3) is 5.69 Å². The molecule has 1 aliphatic heterocycles. The van der Waals surface area contributed by atoms with E-state index >= 15 is 0 Å². The normalized spacial score (nSPS) is 16.6. The fourth-order valence-electron chi connectivity index (χ4n) is 4.86. The molecule has 0 bridgehead atoms. The highest BCUT2D eigenvalue weighted by Crippen LogP contribution is 2.43. The molecule has 8 nitrogen and oxygen atoms in total. The Balaban J connectivity index is 1.52. The van der Waals surface area contributed by atoms with Gasteiger partial charge >= 0.3 is 5.97 Å². The molecule has 0 atom stereocenters. The Hall–Kier alpha value is -3.30. The first-order valence-corrected chi connectivity index (χ1v) is 11.5. The van der Waals surface area contributed by atoms with Crippen molar-refractivity contribution in [2.75, 3.05) is 25.2 Å². The SMILES string of the molecule is COc1ccc(-n2nc(C(=O)OS)c3c2C(=O)N(c2ccc(C4(CO)CCC4)cc2)CC3)cc1. The number of ether oxygens (including phenoxy) is 1. The molecule has 3 aromatic rings. The molecule has 9 heteroatoms. The molecular formula is C25H25N3O5S. The predicted molar refractivity (Wildman–Crippen MR) is 129 cm³/mol. The van der Waals surface area contributed by atoms with Crippen molar-refractivity contribution in [3.63, 3.8) is 0 Å². The fraction of sp³-hybridized carbons (Fsp3) is 0.320. The van der Waals surface area contributed by atoms with Crippen molar-refractivity contribution in [2.24, 2.45) is 0 Å². The first-order valence-electron chi connectivity index (χ1n) is 11.2. The van der Waals surface area contributed by atoms with E-state index in [1.54, 1.807) is 36.3 Å². The topological polar surface area (TPSA) is 93.9 Å². The third kappa shape index (κ3) is 3.56. The van der Waals surface area contributed by atoms with Crippen LogP contribution in [-0.2, 0) is 16.0 Å². The van der Waals surface area contributed by atoms with E-state index in [4.69, 9.17) is 4.74 Å². The maximum atomic E-state index is 13.7. The second-order valence-corrected chi connectivity index (χ2v) is 8.89. The van der Waals surface area contributed by atoms with E-state index in [-0.39, 0.29) is 23.6 Å². The summed E-state index contributed by atoms with van der Waals surface area (Å²) in [6.07, 6.45) is 3.50. The molecule has 1 aromatic heterocycles. The summed E-state index contributed by atoms with van der Waals surface area (Å²) in [7, 11) is 1.58. The smallest absolute Gasteiger partial charge is 0.370 e. The van der Waals surface area contributed by atoms with Crippen LogP contribution in [0.1, 0.15) is 51.4 Å². The van der Waals surface area contributed by atoms with Gasteiger partial charge in [-0.25, -0.2) is 9.48 Å². The van der Waals surface area contributed by atoms with E-state index in [1.807, 2.05) is 24.3 Å². The third-order valence-corrected chi connectivity index (χ3v) is 7.18. The summed E-state index contributed by atoms with van der Waals surface area (Å²) in [5, 5.41) is 14.3. The number of carbonyl (C=O) groups is 2. The van der Waals surface area contributed by atoms with E-state index in [0.29, 0.717) is 35.7 Å². The molecule has 34 heavy (non-hydrogen) atoms. The van der Waals surface area contributed by atoms with E-state index in [2.05, 4.69) is 22.2 Å². The van der Waals surface area contributed by atoms with Crippen molar-refractivity contribution < 1.29 is 23.6 Å². The molecule has 0 spiro atoms. The number of anilines is 1. The van der Waals surface area contributed by atoms with Crippen LogP contribution >= 0.6 is 12.9 Å². The largest absolute Gasteiger partial charge is 0.497 e. The molecule has 1 N–H and O–H groups in total. The Morgan fingerprint density at radius 3 is 2.35 bits per heavy atom. The van der Waals surface area contributed by atoms with Crippen LogP contribution in [-0.4, -0.2) is 47.0 Å². The summed E-state index contributed by atoms with van der Waals surface area (Å²) in [6.45, 7) is 0.529. The van der Waals surface area contributed by atoms with Crippen molar-refractivity contribution in [1.29, 1.82) is 0 Å². The van der Waals surface area contributed by atoms with Crippen LogP contribution in [0.2, 0.25) is 0 Å². The van der Waals surface area contributed by atoms with Gasteiger partial charge < -0.3 is 18.9 Å².